The highest BCUT2D eigenvalue weighted by Gasteiger charge is 2.25. The molecule has 2 aromatic rings. The molecule has 0 spiro atoms. The Morgan fingerprint density at radius 1 is 1.28 bits per heavy atom. The van der Waals surface area contributed by atoms with Gasteiger partial charge in [0.2, 0.25) is 0 Å². The standard InChI is InChI=1S/C12H19N5S/c1-8(2)6-17-7-13-15-11(17)9-10(12(3,4)5)14-16-18-9/h7-8H,6H2,1-5H3. The zero-order valence-electron chi connectivity index (χ0n) is 11.5. The Kier molecular flexibility index (Phi) is 3.47. The van der Waals surface area contributed by atoms with Gasteiger partial charge in [-0.3, -0.25) is 0 Å². The first kappa shape index (κ1) is 13.1. The molecule has 98 valence electrons. The Labute approximate surface area is 111 Å². The highest BCUT2D eigenvalue weighted by atomic mass is 32.1. The molecule has 2 aromatic heterocycles. The molecule has 0 N–H and O–H groups in total. The second kappa shape index (κ2) is 4.76. The summed E-state index contributed by atoms with van der Waals surface area (Å²) in [6, 6.07) is 0. The van der Waals surface area contributed by atoms with Crippen LogP contribution in [0.1, 0.15) is 40.3 Å². The molecule has 0 aromatic carbocycles. The molecule has 0 unspecified atom stereocenters. The minimum Gasteiger partial charge on any atom is -0.313 e. The molecule has 0 amide bonds. The van der Waals surface area contributed by atoms with Crippen molar-refractivity contribution in [2.45, 2.75) is 46.6 Å². The van der Waals surface area contributed by atoms with Gasteiger partial charge in [0.15, 0.2) is 5.82 Å². The van der Waals surface area contributed by atoms with Crippen LogP contribution in [0, 0.1) is 5.92 Å². The summed E-state index contributed by atoms with van der Waals surface area (Å²) in [5.41, 5.74) is 0.960. The van der Waals surface area contributed by atoms with Crippen LogP contribution in [-0.2, 0) is 12.0 Å². The number of hydrogen-bond donors (Lipinski definition) is 0. The van der Waals surface area contributed by atoms with E-state index >= 15 is 0 Å². The number of aromatic nitrogens is 5. The molecule has 6 heteroatoms. The molecule has 0 saturated heterocycles. The summed E-state index contributed by atoms with van der Waals surface area (Å²) in [6.45, 7) is 11.7. The molecule has 18 heavy (non-hydrogen) atoms. The van der Waals surface area contributed by atoms with Crippen LogP contribution >= 0.6 is 11.5 Å². The molecule has 0 fully saturated rings. The van der Waals surface area contributed by atoms with Gasteiger partial charge >= 0.3 is 0 Å². The van der Waals surface area contributed by atoms with Gasteiger partial charge in [-0.15, -0.1) is 15.3 Å². The topological polar surface area (TPSA) is 56.5 Å². The summed E-state index contributed by atoms with van der Waals surface area (Å²) in [5.74, 6) is 1.43. The largest absolute Gasteiger partial charge is 0.313 e. The summed E-state index contributed by atoms with van der Waals surface area (Å²) in [5, 5.41) is 12.5. The maximum atomic E-state index is 4.25. The van der Waals surface area contributed by atoms with Gasteiger partial charge in [0.1, 0.15) is 11.2 Å². The van der Waals surface area contributed by atoms with Crippen molar-refractivity contribution in [2.75, 3.05) is 0 Å². The van der Waals surface area contributed by atoms with E-state index < -0.39 is 0 Å². The molecule has 0 aliphatic rings. The Bertz CT molecular complexity index is 521. The van der Waals surface area contributed by atoms with E-state index in [1.54, 1.807) is 6.33 Å². The van der Waals surface area contributed by atoms with Crippen molar-refractivity contribution in [3.63, 3.8) is 0 Å². The van der Waals surface area contributed by atoms with Gasteiger partial charge in [-0.2, -0.15) is 0 Å². The van der Waals surface area contributed by atoms with Crippen molar-refractivity contribution in [2.24, 2.45) is 5.92 Å². The van der Waals surface area contributed by atoms with E-state index in [4.69, 9.17) is 0 Å². The van der Waals surface area contributed by atoms with Crippen LogP contribution in [0.2, 0.25) is 0 Å². The van der Waals surface area contributed by atoms with E-state index in [-0.39, 0.29) is 5.41 Å². The van der Waals surface area contributed by atoms with Crippen LogP contribution in [-0.4, -0.2) is 24.4 Å². The summed E-state index contributed by atoms with van der Waals surface area (Å²) >= 11 is 1.39. The maximum absolute atomic E-state index is 4.25. The van der Waals surface area contributed by atoms with Crippen LogP contribution in [0.4, 0.5) is 0 Å². The zero-order chi connectivity index (χ0) is 13.3. The average molecular weight is 265 g/mol. The summed E-state index contributed by atoms with van der Waals surface area (Å²) in [7, 11) is 0. The van der Waals surface area contributed by atoms with E-state index in [0.717, 1.165) is 22.9 Å². The third-order valence-electron chi connectivity index (χ3n) is 2.58. The zero-order valence-corrected chi connectivity index (χ0v) is 12.3. The van der Waals surface area contributed by atoms with Gasteiger partial charge in [-0.25, -0.2) is 0 Å². The second-order valence-corrected chi connectivity index (χ2v) is 6.66. The van der Waals surface area contributed by atoms with Crippen molar-refractivity contribution in [3.8, 4) is 10.7 Å². The van der Waals surface area contributed by atoms with Crippen molar-refractivity contribution < 1.29 is 0 Å². The average Bonchev–Trinajstić information content (AvgIpc) is 2.81. The predicted octanol–water partition coefficient (Wildman–Crippen LogP) is 2.75. The quantitative estimate of drug-likeness (QED) is 0.856. The van der Waals surface area contributed by atoms with Gasteiger partial charge in [0, 0.05) is 12.0 Å². The van der Waals surface area contributed by atoms with Crippen molar-refractivity contribution >= 4 is 11.5 Å². The van der Waals surface area contributed by atoms with Crippen LogP contribution in [0.25, 0.3) is 10.7 Å². The fourth-order valence-corrected chi connectivity index (χ4v) is 2.66. The summed E-state index contributed by atoms with van der Waals surface area (Å²) < 4.78 is 6.15. The highest BCUT2D eigenvalue weighted by Crippen LogP contribution is 2.32. The molecule has 0 radical (unpaired) electrons. The molecule has 0 aliphatic carbocycles. The lowest BCUT2D eigenvalue weighted by Gasteiger charge is -2.16. The summed E-state index contributed by atoms with van der Waals surface area (Å²) in [6.07, 6.45) is 1.78. The Balaban J connectivity index is 2.44. The Hall–Kier alpha value is -1.30. The van der Waals surface area contributed by atoms with Crippen LogP contribution in [0.15, 0.2) is 6.33 Å². The van der Waals surface area contributed by atoms with Crippen molar-refractivity contribution in [1.82, 2.24) is 24.4 Å². The first-order chi connectivity index (χ1) is 8.39. The Morgan fingerprint density at radius 2 is 2.00 bits per heavy atom. The van der Waals surface area contributed by atoms with Gasteiger partial charge in [-0.05, 0) is 17.5 Å². The molecule has 0 atom stereocenters. The molecule has 0 saturated carbocycles. The molecular weight excluding hydrogens is 246 g/mol. The summed E-state index contributed by atoms with van der Waals surface area (Å²) in [4.78, 5) is 1.03. The number of hydrogen-bond acceptors (Lipinski definition) is 5. The van der Waals surface area contributed by atoms with Crippen LogP contribution < -0.4 is 0 Å². The molecular formula is C12H19N5S. The van der Waals surface area contributed by atoms with Gasteiger partial charge in [0.25, 0.3) is 0 Å². The van der Waals surface area contributed by atoms with E-state index in [2.05, 4.69) is 59.0 Å². The fraction of sp³-hybridized carbons (Fsp3) is 0.667. The van der Waals surface area contributed by atoms with E-state index in [9.17, 15) is 0 Å². The predicted molar refractivity (Wildman–Crippen MR) is 72.5 cm³/mol. The molecule has 2 heterocycles. The molecule has 0 bridgehead atoms. The maximum Gasteiger partial charge on any atom is 0.177 e. The fourth-order valence-electron chi connectivity index (χ4n) is 1.79. The third kappa shape index (κ3) is 2.58. The van der Waals surface area contributed by atoms with Crippen molar-refractivity contribution in [1.29, 1.82) is 0 Å². The lowest BCUT2D eigenvalue weighted by atomic mass is 9.91. The number of nitrogens with zero attached hydrogens (tertiary/aromatic N) is 5. The minimum absolute atomic E-state index is 0.0308. The Morgan fingerprint density at radius 3 is 2.61 bits per heavy atom. The molecule has 5 nitrogen and oxygen atoms in total. The van der Waals surface area contributed by atoms with Crippen LogP contribution in [0.5, 0.6) is 0 Å². The highest BCUT2D eigenvalue weighted by molar-refractivity contribution is 7.09. The third-order valence-corrected chi connectivity index (χ3v) is 3.30. The van der Waals surface area contributed by atoms with E-state index in [1.807, 2.05) is 0 Å². The van der Waals surface area contributed by atoms with E-state index in [0.29, 0.717) is 5.92 Å². The molecule has 2 rings (SSSR count). The van der Waals surface area contributed by atoms with Gasteiger partial charge in [-0.1, -0.05) is 39.1 Å². The lowest BCUT2D eigenvalue weighted by molar-refractivity contribution is 0.524. The van der Waals surface area contributed by atoms with Crippen molar-refractivity contribution in [3.05, 3.63) is 12.0 Å². The normalized spacial score (nSPS) is 12.3. The first-order valence-electron chi connectivity index (χ1n) is 6.10. The SMILES string of the molecule is CC(C)Cn1cnnc1-c1snnc1C(C)(C)C. The second-order valence-electron chi connectivity index (χ2n) is 5.90. The lowest BCUT2D eigenvalue weighted by Crippen LogP contribution is -2.14. The van der Waals surface area contributed by atoms with Gasteiger partial charge in [0.05, 0.1) is 5.69 Å². The van der Waals surface area contributed by atoms with E-state index in [1.165, 1.54) is 11.5 Å². The van der Waals surface area contributed by atoms with Crippen LogP contribution in [0.3, 0.4) is 0 Å². The number of rotatable bonds is 3. The molecule has 0 aliphatic heterocycles. The monoisotopic (exact) mass is 265 g/mol. The first-order valence-corrected chi connectivity index (χ1v) is 6.88. The minimum atomic E-state index is -0.0308. The van der Waals surface area contributed by atoms with Gasteiger partial charge < -0.3 is 4.57 Å². The smallest absolute Gasteiger partial charge is 0.177 e.